The maximum atomic E-state index is 13.4. The quantitative estimate of drug-likeness (QED) is 0.744. The summed E-state index contributed by atoms with van der Waals surface area (Å²) in [6, 6.07) is 2.36. The third-order valence-electron chi connectivity index (χ3n) is 2.55. The van der Waals surface area contributed by atoms with E-state index in [-0.39, 0.29) is 19.0 Å². The van der Waals surface area contributed by atoms with E-state index in [1.54, 1.807) is 7.05 Å². The molecule has 1 aromatic heterocycles. The first-order valence-electron chi connectivity index (χ1n) is 4.75. The van der Waals surface area contributed by atoms with Crippen LogP contribution in [-0.2, 0) is 4.74 Å². The Morgan fingerprint density at radius 3 is 2.93 bits per heavy atom. The fourth-order valence-corrected chi connectivity index (χ4v) is 1.67. The van der Waals surface area contributed by atoms with Crippen molar-refractivity contribution in [1.29, 1.82) is 0 Å². The van der Waals surface area contributed by atoms with Gasteiger partial charge >= 0.3 is 0 Å². The topological polar surface area (TPSA) is 25.4 Å². The summed E-state index contributed by atoms with van der Waals surface area (Å²) in [7, 11) is 1.62. The Labute approximate surface area is 86.7 Å². The van der Waals surface area contributed by atoms with Crippen LogP contribution in [0, 0.1) is 5.82 Å². The summed E-state index contributed by atoms with van der Waals surface area (Å²) in [6.45, 7) is 0.344. The molecule has 1 aliphatic rings. The van der Waals surface area contributed by atoms with Crippen molar-refractivity contribution in [3.8, 4) is 0 Å². The van der Waals surface area contributed by atoms with Gasteiger partial charge in [-0.25, -0.2) is 13.8 Å². The Morgan fingerprint density at radius 2 is 2.33 bits per heavy atom. The van der Waals surface area contributed by atoms with Crippen molar-refractivity contribution in [3.63, 3.8) is 0 Å². The molecule has 2 atom stereocenters. The number of rotatable bonds is 2. The minimum absolute atomic E-state index is 0.0729. The predicted octanol–water partition coefficient (Wildman–Crippen LogP) is 1.39. The van der Waals surface area contributed by atoms with E-state index in [2.05, 4.69) is 4.98 Å². The van der Waals surface area contributed by atoms with Crippen molar-refractivity contribution in [3.05, 3.63) is 24.1 Å². The highest BCUT2D eigenvalue weighted by atomic mass is 19.1. The average molecular weight is 214 g/mol. The molecule has 2 rings (SSSR count). The van der Waals surface area contributed by atoms with Gasteiger partial charge in [-0.15, -0.1) is 0 Å². The lowest BCUT2D eigenvalue weighted by Gasteiger charge is -2.25. The molecule has 0 N–H and O–H groups in total. The summed E-state index contributed by atoms with van der Waals surface area (Å²) in [6.07, 6.45) is 0.397. The van der Waals surface area contributed by atoms with Crippen molar-refractivity contribution in [2.75, 3.05) is 25.2 Å². The lowest BCUT2D eigenvalue weighted by Crippen LogP contribution is -2.39. The number of halogens is 2. The normalized spacial score (nSPS) is 25.5. The molecule has 1 aromatic rings. The molecule has 0 spiro atoms. The van der Waals surface area contributed by atoms with E-state index in [0.29, 0.717) is 0 Å². The van der Waals surface area contributed by atoms with Crippen LogP contribution in [0.1, 0.15) is 0 Å². The number of hydrogen-bond acceptors (Lipinski definition) is 3. The fraction of sp³-hybridized carbons (Fsp3) is 0.500. The highest BCUT2D eigenvalue weighted by Gasteiger charge is 2.32. The molecule has 2 unspecified atom stereocenters. The second kappa shape index (κ2) is 4.10. The largest absolute Gasteiger partial charge is 0.376 e. The zero-order valence-corrected chi connectivity index (χ0v) is 8.36. The van der Waals surface area contributed by atoms with E-state index in [9.17, 15) is 8.78 Å². The smallest absolute Gasteiger partial charge is 0.165 e. The molecule has 3 nitrogen and oxygen atoms in total. The Kier molecular flexibility index (Phi) is 2.81. The Bertz CT molecular complexity index is 348. The average Bonchev–Trinajstić information content (AvgIpc) is 2.64. The van der Waals surface area contributed by atoms with Crippen LogP contribution in [0.15, 0.2) is 18.3 Å². The first-order chi connectivity index (χ1) is 7.20. The van der Waals surface area contributed by atoms with Gasteiger partial charge in [0.2, 0.25) is 0 Å². The third kappa shape index (κ3) is 1.92. The summed E-state index contributed by atoms with van der Waals surface area (Å²) in [5, 5.41) is 0. The van der Waals surface area contributed by atoms with Crippen molar-refractivity contribution < 1.29 is 13.5 Å². The van der Waals surface area contributed by atoms with Crippen LogP contribution in [0.4, 0.5) is 14.6 Å². The minimum Gasteiger partial charge on any atom is -0.376 e. The van der Waals surface area contributed by atoms with Gasteiger partial charge in [0, 0.05) is 13.2 Å². The molecule has 2 heterocycles. The first-order valence-corrected chi connectivity index (χ1v) is 4.75. The van der Waals surface area contributed by atoms with Gasteiger partial charge in [0.05, 0.1) is 19.3 Å². The first kappa shape index (κ1) is 10.3. The lowest BCUT2D eigenvalue weighted by molar-refractivity contribution is 0.173. The molecule has 5 heteroatoms. The molecule has 15 heavy (non-hydrogen) atoms. The molecule has 0 bridgehead atoms. The molecular weight excluding hydrogens is 202 g/mol. The zero-order chi connectivity index (χ0) is 10.8. The van der Waals surface area contributed by atoms with E-state index in [1.807, 2.05) is 0 Å². The monoisotopic (exact) mass is 214 g/mol. The molecule has 0 amide bonds. The maximum Gasteiger partial charge on any atom is 0.165 e. The number of likely N-dealkylation sites (N-methyl/N-ethyl adjacent to an activating group) is 1. The van der Waals surface area contributed by atoms with Crippen LogP contribution in [0.5, 0.6) is 0 Å². The number of pyridine rings is 1. The van der Waals surface area contributed by atoms with E-state index in [1.165, 1.54) is 23.2 Å². The summed E-state index contributed by atoms with van der Waals surface area (Å²) < 4.78 is 31.7. The molecule has 0 radical (unpaired) electrons. The number of ether oxygens (including phenoxy) is 1. The highest BCUT2D eigenvalue weighted by Crippen LogP contribution is 2.22. The van der Waals surface area contributed by atoms with E-state index in [4.69, 9.17) is 4.74 Å². The summed E-state index contributed by atoms with van der Waals surface area (Å²) in [5.41, 5.74) is 0. The van der Waals surface area contributed by atoms with Gasteiger partial charge in [0.25, 0.3) is 0 Å². The summed E-state index contributed by atoms with van der Waals surface area (Å²) >= 11 is 0. The zero-order valence-electron chi connectivity index (χ0n) is 8.36. The van der Waals surface area contributed by atoms with E-state index < -0.39 is 18.0 Å². The Hall–Kier alpha value is -1.23. The minimum atomic E-state index is -1.09. The molecular formula is C10H12F2N2O. The van der Waals surface area contributed by atoms with Crippen LogP contribution >= 0.6 is 0 Å². The van der Waals surface area contributed by atoms with Gasteiger partial charge < -0.3 is 9.64 Å². The second-order valence-electron chi connectivity index (χ2n) is 3.54. The third-order valence-corrected chi connectivity index (χ3v) is 2.55. The molecule has 1 saturated heterocycles. The van der Waals surface area contributed by atoms with Gasteiger partial charge in [0.15, 0.2) is 11.6 Å². The van der Waals surface area contributed by atoms with Gasteiger partial charge in [-0.3, -0.25) is 0 Å². The maximum absolute atomic E-state index is 13.4. The molecule has 0 aliphatic carbocycles. The van der Waals surface area contributed by atoms with E-state index >= 15 is 0 Å². The van der Waals surface area contributed by atoms with Crippen molar-refractivity contribution in [1.82, 2.24) is 4.98 Å². The molecule has 0 aromatic carbocycles. The van der Waals surface area contributed by atoms with Gasteiger partial charge in [0.1, 0.15) is 6.17 Å². The van der Waals surface area contributed by atoms with E-state index in [0.717, 1.165) is 0 Å². The molecule has 82 valence electrons. The summed E-state index contributed by atoms with van der Waals surface area (Å²) in [4.78, 5) is 5.38. The fourth-order valence-electron chi connectivity index (χ4n) is 1.67. The van der Waals surface area contributed by atoms with Crippen molar-refractivity contribution in [2.45, 2.75) is 12.2 Å². The van der Waals surface area contributed by atoms with Crippen molar-refractivity contribution in [2.24, 2.45) is 0 Å². The van der Waals surface area contributed by atoms with Crippen LogP contribution in [0.25, 0.3) is 0 Å². The SMILES string of the molecule is CN(c1ncccc1F)C1COCC1F. The van der Waals surface area contributed by atoms with Crippen molar-refractivity contribution >= 4 is 5.82 Å². The second-order valence-corrected chi connectivity index (χ2v) is 3.54. The van der Waals surface area contributed by atoms with Gasteiger partial charge in [-0.05, 0) is 12.1 Å². The number of anilines is 1. The molecule has 0 saturated carbocycles. The van der Waals surface area contributed by atoms with Crippen LogP contribution in [0.2, 0.25) is 0 Å². The standard InChI is InChI=1S/C10H12F2N2O/c1-14(9-6-15-5-8(9)12)10-7(11)3-2-4-13-10/h2-4,8-9H,5-6H2,1H3. The lowest BCUT2D eigenvalue weighted by atomic mass is 10.2. The number of alkyl halides is 1. The van der Waals surface area contributed by atoms with Gasteiger partial charge in [-0.1, -0.05) is 0 Å². The number of nitrogens with zero attached hydrogens (tertiary/aromatic N) is 2. The van der Waals surface area contributed by atoms with Gasteiger partial charge in [-0.2, -0.15) is 0 Å². The summed E-state index contributed by atoms with van der Waals surface area (Å²) in [5.74, 6) is -0.283. The van der Waals surface area contributed by atoms with Crippen LogP contribution in [0.3, 0.4) is 0 Å². The number of aromatic nitrogens is 1. The predicted molar refractivity (Wildman–Crippen MR) is 52.1 cm³/mol. The highest BCUT2D eigenvalue weighted by molar-refractivity contribution is 5.40. The Balaban J connectivity index is 2.20. The Morgan fingerprint density at radius 1 is 1.53 bits per heavy atom. The number of hydrogen-bond donors (Lipinski definition) is 0. The van der Waals surface area contributed by atoms with Crippen LogP contribution in [-0.4, -0.2) is 37.5 Å². The molecule has 1 fully saturated rings. The van der Waals surface area contributed by atoms with Crippen LogP contribution < -0.4 is 4.90 Å². The molecule has 1 aliphatic heterocycles.